The molecular weight excluding hydrogens is 617 g/mol. The van der Waals surface area contributed by atoms with Gasteiger partial charge in [-0.1, -0.05) is 119 Å². The predicted octanol–water partition coefficient (Wildman–Crippen LogP) is 12.4. The molecule has 4 rings (SSSR count). The fourth-order valence-electron chi connectivity index (χ4n) is 6.99. The van der Waals surface area contributed by atoms with Gasteiger partial charge in [-0.15, -0.1) is 8.58 Å². The maximum Gasteiger partial charge on any atom is 0.0559 e. The van der Waals surface area contributed by atoms with Gasteiger partial charge in [0.1, 0.15) is 0 Å². The van der Waals surface area contributed by atoms with Crippen LogP contribution in [0.1, 0.15) is 147 Å². The number of hydrogen-bond acceptors (Lipinski definition) is 4. The van der Waals surface area contributed by atoms with Crippen molar-refractivity contribution < 1.29 is 5.11 Å². The quantitative estimate of drug-likeness (QED) is 0.121. The lowest BCUT2D eigenvalue weighted by Gasteiger charge is -2.33. The van der Waals surface area contributed by atoms with Gasteiger partial charge in [-0.05, 0) is 123 Å². The van der Waals surface area contributed by atoms with Crippen molar-refractivity contribution in [2.24, 2.45) is 28.8 Å². The highest BCUT2D eigenvalue weighted by Crippen LogP contribution is 2.36. The molecule has 4 aliphatic rings. The zero-order valence-electron chi connectivity index (χ0n) is 33.8. The lowest BCUT2D eigenvalue weighted by molar-refractivity contribution is 0.176. The molecule has 1 saturated carbocycles. The molecule has 0 radical (unpaired) electrons. The molecule has 49 heavy (non-hydrogen) atoms. The van der Waals surface area contributed by atoms with Crippen LogP contribution in [0.2, 0.25) is 0 Å². The Hall–Kier alpha value is -1.90. The number of nitrogens with one attached hydrogen (secondary N) is 1. The summed E-state index contributed by atoms with van der Waals surface area (Å²) in [4.78, 5) is 0. The molecule has 5 heteroatoms. The Balaban J connectivity index is 0.000000469. The Kier molecular flexibility index (Phi) is 24.7. The molecule has 2 N–H and O–H groups in total. The van der Waals surface area contributed by atoms with E-state index in [-0.39, 0.29) is 6.61 Å². The average molecular weight is 696 g/mol. The standard InChI is InChI=1S/C24H39N2P.C15H25NO.C3H8.C2H6/c1-5-18(2)16-26(22-13-14-27-17-22)25-24(21-9-7-6-8-10-21)23-12-11-19(3)15-20(23)4;1-4-9-16-13(3)10-15(11-17)14-7-5-12(2)6-8-14;1-3-2;1-2/h11,15-16,21-23,27H,5-10,12-14,17H2,1-4H3;4-7,9,13-17H,8,10-11H2,1-3H3;3H2,1-2H3;1-2H3/b18-16-,25-24-;9-4-;;. The van der Waals surface area contributed by atoms with Gasteiger partial charge >= 0.3 is 0 Å². The lowest BCUT2D eigenvalue weighted by Crippen LogP contribution is -2.33. The molecule has 280 valence electrons. The van der Waals surface area contributed by atoms with Crippen LogP contribution in [0.15, 0.2) is 76.2 Å². The predicted molar refractivity (Wildman–Crippen MR) is 223 cm³/mol. The van der Waals surface area contributed by atoms with Crippen LogP contribution < -0.4 is 5.32 Å². The summed E-state index contributed by atoms with van der Waals surface area (Å²) in [5.41, 5.74) is 7.20. The Bertz CT molecular complexity index is 1100. The van der Waals surface area contributed by atoms with E-state index in [0.29, 0.717) is 35.8 Å². The number of hydrogen-bond donors (Lipinski definition) is 2. The maximum absolute atomic E-state index is 9.52. The van der Waals surface area contributed by atoms with Gasteiger partial charge in [-0.25, -0.2) is 0 Å². The number of rotatable bonds is 12. The van der Waals surface area contributed by atoms with E-state index in [2.05, 4.69) is 102 Å². The average Bonchev–Trinajstić information content (AvgIpc) is 3.66. The van der Waals surface area contributed by atoms with Crippen molar-refractivity contribution in [1.82, 2.24) is 10.3 Å². The molecule has 4 nitrogen and oxygen atoms in total. The van der Waals surface area contributed by atoms with Gasteiger partial charge in [0, 0.05) is 30.5 Å². The van der Waals surface area contributed by atoms with Gasteiger partial charge in [-0.2, -0.15) is 5.10 Å². The molecule has 6 atom stereocenters. The van der Waals surface area contributed by atoms with Gasteiger partial charge in [-0.3, -0.25) is 5.01 Å². The summed E-state index contributed by atoms with van der Waals surface area (Å²) in [6.07, 6.45) is 34.3. The molecule has 1 heterocycles. The molecule has 0 spiro atoms. The van der Waals surface area contributed by atoms with E-state index < -0.39 is 0 Å². The molecule has 0 amide bonds. The zero-order chi connectivity index (χ0) is 36.6. The normalized spacial score (nSPS) is 24.7. The van der Waals surface area contributed by atoms with Crippen LogP contribution >= 0.6 is 8.58 Å². The van der Waals surface area contributed by atoms with E-state index in [9.17, 15) is 5.11 Å². The van der Waals surface area contributed by atoms with E-state index in [1.54, 1.807) is 0 Å². The second kappa shape index (κ2) is 26.8. The minimum Gasteiger partial charge on any atom is -0.396 e. The first-order valence-electron chi connectivity index (χ1n) is 20.1. The van der Waals surface area contributed by atoms with E-state index in [0.717, 1.165) is 34.3 Å². The van der Waals surface area contributed by atoms with E-state index >= 15 is 0 Å². The summed E-state index contributed by atoms with van der Waals surface area (Å²) >= 11 is 0. The third-order valence-corrected chi connectivity index (χ3v) is 11.4. The number of hydrazone groups is 1. The van der Waals surface area contributed by atoms with Crippen LogP contribution in [-0.4, -0.2) is 46.8 Å². The first-order chi connectivity index (χ1) is 23.7. The third kappa shape index (κ3) is 17.2. The molecule has 3 aliphatic carbocycles. The van der Waals surface area contributed by atoms with Gasteiger partial charge in [0.25, 0.3) is 0 Å². The van der Waals surface area contributed by atoms with Crippen LogP contribution in [-0.2, 0) is 0 Å². The summed E-state index contributed by atoms with van der Waals surface area (Å²) in [7, 11) is 1.12. The summed E-state index contributed by atoms with van der Waals surface area (Å²) in [5.74, 6) is 2.03. The first kappa shape index (κ1) is 45.1. The van der Waals surface area contributed by atoms with Crippen molar-refractivity contribution in [3.8, 4) is 0 Å². The highest BCUT2D eigenvalue weighted by Gasteiger charge is 2.30. The van der Waals surface area contributed by atoms with Crippen molar-refractivity contribution in [2.75, 3.05) is 18.9 Å². The Morgan fingerprint density at radius 3 is 2.24 bits per heavy atom. The van der Waals surface area contributed by atoms with Crippen LogP contribution in [0, 0.1) is 23.7 Å². The number of aliphatic hydroxyl groups is 1. The molecule has 0 aromatic carbocycles. The smallest absolute Gasteiger partial charge is 0.0559 e. The van der Waals surface area contributed by atoms with Crippen molar-refractivity contribution in [3.63, 3.8) is 0 Å². The molecule has 1 aliphatic heterocycles. The second-order valence-corrected chi connectivity index (χ2v) is 15.9. The summed E-state index contributed by atoms with van der Waals surface area (Å²) < 4.78 is 0. The topological polar surface area (TPSA) is 47.9 Å². The van der Waals surface area contributed by atoms with E-state index in [4.69, 9.17) is 5.10 Å². The molecule has 0 bridgehead atoms. The first-order valence-corrected chi connectivity index (χ1v) is 21.5. The lowest BCUT2D eigenvalue weighted by atomic mass is 9.76. The second-order valence-electron chi connectivity index (χ2n) is 14.5. The van der Waals surface area contributed by atoms with Crippen LogP contribution in [0.5, 0.6) is 0 Å². The number of allylic oxidation sites excluding steroid dienone is 10. The van der Waals surface area contributed by atoms with Crippen molar-refractivity contribution in [3.05, 3.63) is 71.1 Å². The Morgan fingerprint density at radius 1 is 1.04 bits per heavy atom. The van der Waals surface area contributed by atoms with Gasteiger partial charge in [0.15, 0.2) is 0 Å². The SMILES string of the molecule is C/C=C\NC(C)CC(CO)C1C=CC(C)=CC1.CC.CC/C(C)=C\N(/N=C(/C1CCCCC1)C1CC=C(C)C=C1C)C1CCPC1.CCC. The fraction of sp³-hybridized carbons (Fsp3) is 0.705. The summed E-state index contributed by atoms with van der Waals surface area (Å²) in [5, 5.41) is 20.7. The number of nitrogens with zero attached hydrogens (tertiary/aromatic N) is 2. The molecule has 2 fully saturated rings. The minimum absolute atomic E-state index is 0.268. The third-order valence-electron chi connectivity index (χ3n) is 9.97. The molecule has 6 unspecified atom stereocenters. The molecule has 0 aromatic rings. The van der Waals surface area contributed by atoms with Gasteiger partial charge < -0.3 is 10.4 Å². The van der Waals surface area contributed by atoms with E-state index in [1.807, 2.05) is 33.0 Å². The van der Waals surface area contributed by atoms with Gasteiger partial charge in [0.2, 0.25) is 0 Å². The van der Waals surface area contributed by atoms with Crippen molar-refractivity contribution >= 4 is 14.3 Å². The molecule has 0 aromatic heterocycles. The minimum atomic E-state index is 0.268. The van der Waals surface area contributed by atoms with Crippen molar-refractivity contribution in [1.29, 1.82) is 0 Å². The van der Waals surface area contributed by atoms with Crippen LogP contribution in [0.25, 0.3) is 0 Å². The maximum atomic E-state index is 9.52. The molecule has 1 saturated heterocycles. The largest absolute Gasteiger partial charge is 0.396 e. The van der Waals surface area contributed by atoms with E-state index in [1.165, 1.54) is 85.3 Å². The highest BCUT2D eigenvalue weighted by molar-refractivity contribution is 7.38. The number of aliphatic hydroxyl groups excluding tert-OH is 1. The monoisotopic (exact) mass is 696 g/mol. The Morgan fingerprint density at radius 2 is 1.71 bits per heavy atom. The Labute approximate surface area is 306 Å². The fourth-order valence-corrected chi connectivity index (χ4v) is 8.45. The highest BCUT2D eigenvalue weighted by atomic mass is 31.1. The summed E-state index contributed by atoms with van der Waals surface area (Å²) in [6, 6.07) is 1.03. The zero-order valence-corrected chi connectivity index (χ0v) is 34.8. The van der Waals surface area contributed by atoms with Crippen LogP contribution in [0.4, 0.5) is 0 Å². The van der Waals surface area contributed by atoms with Gasteiger partial charge in [0.05, 0.1) is 6.04 Å². The summed E-state index contributed by atoms with van der Waals surface area (Å²) in [6.45, 7) is 23.9. The van der Waals surface area contributed by atoms with Crippen LogP contribution in [0.3, 0.4) is 0 Å². The van der Waals surface area contributed by atoms with Crippen molar-refractivity contribution in [2.45, 2.75) is 159 Å². The molecular formula is C44H78N3OP.